The summed E-state index contributed by atoms with van der Waals surface area (Å²) in [6.07, 6.45) is 5.60. The van der Waals surface area contributed by atoms with Crippen LogP contribution in [0, 0.1) is 21.5 Å². The third kappa shape index (κ3) is 17.6. The maximum Gasteiger partial charge on any atom is 0.387 e. The summed E-state index contributed by atoms with van der Waals surface area (Å²) in [6, 6.07) is 11.8. The van der Waals surface area contributed by atoms with Crippen molar-refractivity contribution in [2.24, 2.45) is 5.92 Å². The molecule has 74 heavy (non-hydrogen) atoms. The van der Waals surface area contributed by atoms with E-state index in [1.54, 1.807) is 0 Å². The molecule has 1 fully saturated rings. The van der Waals surface area contributed by atoms with Crippen LogP contribution in [0.25, 0.3) is 0 Å². The Kier molecular flexibility index (Phi) is 21.9. The number of benzene rings is 3. The molecule has 3 atom stereocenters. The van der Waals surface area contributed by atoms with Crippen LogP contribution in [0.3, 0.4) is 0 Å². The molecule has 0 amide bonds. The van der Waals surface area contributed by atoms with Crippen LogP contribution < -0.4 is 37.9 Å². The highest BCUT2D eigenvalue weighted by Crippen LogP contribution is 2.38. The minimum atomic E-state index is -3.07. The number of aliphatic hydroxyl groups excluding tert-OH is 3. The number of aromatic nitrogens is 3. The van der Waals surface area contributed by atoms with Crippen molar-refractivity contribution in [3.63, 3.8) is 0 Å². The standard InChI is InChI=1S/C18H17Cl2F2NO4.C15H13Cl2F2NO4.C14H11Cl2F2NO4/c19-13-7-23(25)8-14(20)12(13)6-15(24)11-3-4-16(27-18(21)22)17(5-11)26-9-10-1-2-10;1-23-14-4-8(2-3-13(14)24-15(18)19)12(21)5-9-10(16)6-20(22)7-11(9)17;15-9-5-19(22)6-10(16)8(9)4-11(20)7-1-2-13(12(21)3-7)23-14(17)18/h3-5,7-8,10,15,18,24H,1-2,6,9H2;2-4,6-7,12,15,21H,5H2,1H3;1-3,5-6,11,14,20-21H,4H2/t15-;12-;11-/m000/s1. The molecule has 4 N–H and O–H groups in total. The molecule has 3 aromatic carbocycles. The molecule has 15 nitrogen and oxygen atoms in total. The lowest BCUT2D eigenvalue weighted by molar-refractivity contribution is -0.605. The van der Waals surface area contributed by atoms with Crippen molar-refractivity contribution in [3.05, 3.63) is 171 Å². The summed E-state index contributed by atoms with van der Waals surface area (Å²) < 4.78 is 98.9. The van der Waals surface area contributed by atoms with Crippen molar-refractivity contribution in [1.82, 2.24) is 0 Å². The number of pyridine rings is 3. The van der Waals surface area contributed by atoms with Crippen LogP contribution in [-0.4, -0.2) is 54.0 Å². The summed E-state index contributed by atoms with van der Waals surface area (Å²) in [5.74, 6) is -0.574. The fraction of sp³-hybridized carbons (Fsp3) is 0.298. The highest BCUT2D eigenvalue weighted by atomic mass is 35.5. The summed E-state index contributed by atoms with van der Waals surface area (Å²) >= 11 is 35.8. The van der Waals surface area contributed by atoms with E-state index in [9.17, 15) is 62.4 Å². The highest BCUT2D eigenvalue weighted by molar-refractivity contribution is 6.36. The Morgan fingerprint density at radius 3 is 1.14 bits per heavy atom. The van der Waals surface area contributed by atoms with E-state index in [2.05, 4.69) is 14.2 Å². The Hall–Kier alpha value is -5.49. The van der Waals surface area contributed by atoms with Crippen molar-refractivity contribution >= 4 is 69.6 Å². The van der Waals surface area contributed by atoms with Gasteiger partial charge in [-0.25, -0.2) is 0 Å². The Morgan fingerprint density at radius 1 is 0.500 bits per heavy atom. The summed E-state index contributed by atoms with van der Waals surface area (Å²) in [5, 5.41) is 75.0. The minimum absolute atomic E-state index is 0.0245. The molecule has 1 saturated carbocycles. The summed E-state index contributed by atoms with van der Waals surface area (Å²) in [7, 11) is 1.29. The van der Waals surface area contributed by atoms with Gasteiger partial charge in [-0.3, -0.25) is 0 Å². The number of phenolic OH excluding ortho intramolecular Hbond substituents is 1. The largest absolute Gasteiger partial charge is 0.619 e. The van der Waals surface area contributed by atoms with Crippen molar-refractivity contribution < 1.29 is 84.6 Å². The molecule has 0 spiro atoms. The number of phenols is 1. The number of nitrogens with zero attached hydrogens (tertiary/aromatic N) is 3. The van der Waals surface area contributed by atoms with Gasteiger partial charge in [0.1, 0.15) is 30.1 Å². The van der Waals surface area contributed by atoms with Gasteiger partial charge in [0.2, 0.25) is 0 Å². The quantitative estimate of drug-likeness (QED) is 0.0339. The average Bonchev–Trinajstić information content (AvgIpc) is 4.15. The summed E-state index contributed by atoms with van der Waals surface area (Å²) in [5.41, 5.74) is 2.21. The number of alkyl halides is 6. The van der Waals surface area contributed by atoms with Crippen molar-refractivity contribution in [1.29, 1.82) is 0 Å². The van der Waals surface area contributed by atoms with E-state index in [4.69, 9.17) is 79.1 Å². The van der Waals surface area contributed by atoms with Gasteiger partial charge in [0.05, 0.1) is 32.0 Å². The Balaban J connectivity index is 0.000000206. The summed E-state index contributed by atoms with van der Waals surface area (Å²) in [4.78, 5) is 0. The first-order chi connectivity index (χ1) is 34.9. The number of rotatable bonds is 19. The second-order valence-corrected chi connectivity index (χ2v) is 18.2. The van der Waals surface area contributed by atoms with Crippen molar-refractivity contribution in [2.45, 2.75) is 70.3 Å². The lowest BCUT2D eigenvalue weighted by Crippen LogP contribution is -2.25. The molecule has 6 aromatic rings. The molecule has 3 heterocycles. The number of methoxy groups -OCH3 is 1. The number of aliphatic hydroxyl groups is 3. The maximum absolute atomic E-state index is 12.6. The highest BCUT2D eigenvalue weighted by Gasteiger charge is 2.25. The van der Waals surface area contributed by atoms with Gasteiger partial charge in [0.15, 0.2) is 71.7 Å². The lowest BCUT2D eigenvalue weighted by Gasteiger charge is -2.17. The monoisotopic (exact) mass is 1160 g/mol. The van der Waals surface area contributed by atoms with Gasteiger partial charge in [-0.15, -0.1) is 0 Å². The van der Waals surface area contributed by atoms with Gasteiger partial charge in [-0.05, 0) is 71.8 Å². The number of halogens is 12. The zero-order valence-electron chi connectivity index (χ0n) is 37.9. The fourth-order valence-electron chi connectivity index (χ4n) is 6.66. The van der Waals surface area contributed by atoms with Crippen LogP contribution in [-0.2, 0) is 19.3 Å². The molecule has 27 heteroatoms. The molecule has 1 aliphatic rings. The molecule has 400 valence electrons. The third-order valence-electron chi connectivity index (χ3n) is 10.5. The molecule has 7 rings (SSSR count). The molecule has 0 aliphatic heterocycles. The van der Waals surface area contributed by atoms with Crippen LogP contribution >= 0.6 is 69.6 Å². The second-order valence-electron chi connectivity index (χ2n) is 15.8. The van der Waals surface area contributed by atoms with E-state index < -0.39 is 49.6 Å². The number of hydrogen-bond donors (Lipinski definition) is 4. The van der Waals surface area contributed by atoms with E-state index >= 15 is 0 Å². The second kappa shape index (κ2) is 27.3. The molecule has 3 aromatic heterocycles. The Bertz CT molecular complexity index is 2790. The first kappa shape index (κ1) is 59.4. The predicted molar refractivity (Wildman–Crippen MR) is 258 cm³/mol. The third-order valence-corrected chi connectivity index (χ3v) is 12.4. The Labute approximate surface area is 447 Å². The first-order valence-electron chi connectivity index (χ1n) is 21.3. The van der Waals surface area contributed by atoms with E-state index in [0.717, 1.165) is 62.2 Å². The molecular weight excluding hydrogens is 1130 g/mol. The van der Waals surface area contributed by atoms with Gasteiger partial charge in [0, 0.05) is 36.0 Å². The zero-order chi connectivity index (χ0) is 54.6. The average molecular weight is 1170 g/mol. The van der Waals surface area contributed by atoms with Gasteiger partial charge < -0.3 is 59.7 Å². The summed E-state index contributed by atoms with van der Waals surface area (Å²) in [6.45, 7) is -8.64. The van der Waals surface area contributed by atoms with Gasteiger partial charge >= 0.3 is 19.8 Å². The van der Waals surface area contributed by atoms with E-state index in [1.165, 1.54) is 49.6 Å². The van der Waals surface area contributed by atoms with Gasteiger partial charge in [0.25, 0.3) is 0 Å². The topological polar surface area (TPSA) is 208 Å². The lowest BCUT2D eigenvalue weighted by atomic mass is 10.0. The van der Waals surface area contributed by atoms with Crippen molar-refractivity contribution in [2.75, 3.05) is 13.7 Å². The zero-order valence-corrected chi connectivity index (χ0v) is 42.4. The van der Waals surface area contributed by atoms with Gasteiger partial charge in [-0.1, -0.05) is 87.8 Å². The number of aromatic hydroxyl groups is 1. The molecular formula is C47H41Cl6F6N3O12. The van der Waals surface area contributed by atoms with Crippen LogP contribution in [0.15, 0.2) is 91.8 Å². The van der Waals surface area contributed by atoms with Gasteiger partial charge in [-0.2, -0.15) is 40.5 Å². The molecule has 0 bridgehead atoms. The normalized spacial score (nSPS) is 13.3. The first-order valence-corrected chi connectivity index (χ1v) is 23.6. The predicted octanol–water partition coefficient (Wildman–Crippen LogP) is 11.0. The number of ether oxygens (including phenoxy) is 5. The van der Waals surface area contributed by atoms with Crippen LogP contribution in [0.4, 0.5) is 26.3 Å². The van der Waals surface area contributed by atoms with E-state index in [0.29, 0.717) is 54.5 Å². The van der Waals surface area contributed by atoms with Crippen molar-refractivity contribution in [3.8, 4) is 34.5 Å². The fourth-order valence-corrected chi connectivity index (χ4v) is 8.46. The van der Waals surface area contributed by atoms with E-state index in [1.807, 2.05) is 0 Å². The van der Waals surface area contributed by atoms with Crippen LogP contribution in [0.5, 0.6) is 34.5 Å². The van der Waals surface area contributed by atoms with E-state index in [-0.39, 0.29) is 78.0 Å². The molecule has 0 unspecified atom stereocenters. The maximum atomic E-state index is 12.6. The minimum Gasteiger partial charge on any atom is -0.619 e. The SMILES string of the molecule is COc1cc([C@@H](O)Cc2c(Cl)c[n+]([O-])cc2Cl)ccc1OC(F)F.[O-][n+]1cc(Cl)c(C[C@H](O)c2ccc(OC(F)F)c(O)c2)c(Cl)c1.[O-][n+]1cc(Cl)c(C[C@H](O)c2ccc(OC(F)F)c(OCC3CC3)c2)c(Cl)c1. The van der Waals surface area contributed by atoms with Crippen LogP contribution in [0.2, 0.25) is 30.1 Å². The molecule has 0 saturated heterocycles. The van der Waals surface area contributed by atoms with Crippen LogP contribution in [0.1, 0.15) is 64.5 Å². The number of hydrogen-bond acceptors (Lipinski definition) is 12. The molecule has 1 aliphatic carbocycles. The molecule has 0 radical (unpaired) electrons. The smallest absolute Gasteiger partial charge is 0.387 e. The Morgan fingerprint density at radius 2 is 0.811 bits per heavy atom.